The monoisotopic (exact) mass is 261 g/mol. The first-order valence-corrected chi connectivity index (χ1v) is 7.66. The van der Waals surface area contributed by atoms with Crippen molar-refractivity contribution in [1.29, 1.82) is 0 Å². The van der Waals surface area contributed by atoms with Gasteiger partial charge in [0.2, 0.25) is 0 Å². The van der Waals surface area contributed by atoms with Gasteiger partial charge in [-0.3, -0.25) is 0 Å². The van der Waals surface area contributed by atoms with E-state index in [4.69, 9.17) is 4.74 Å². The Morgan fingerprint density at radius 3 is 2.37 bits per heavy atom. The second-order valence-corrected chi connectivity index (χ2v) is 5.96. The van der Waals surface area contributed by atoms with Gasteiger partial charge in [-0.15, -0.1) is 0 Å². The second-order valence-electron chi connectivity index (χ2n) is 5.96. The lowest BCUT2D eigenvalue weighted by Crippen LogP contribution is -2.28. The maximum Gasteiger partial charge on any atom is 0.119 e. The fourth-order valence-corrected chi connectivity index (χ4v) is 2.52. The highest BCUT2D eigenvalue weighted by molar-refractivity contribution is 5.31. The maximum absolute atomic E-state index is 5.65. The summed E-state index contributed by atoms with van der Waals surface area (Å²) in [6.07, 6.45) is 4.91. The number of nitrogens with one attached hydrogen (secondary N) is 1. The van der Waals surface area contributed by atoms with E-state index in [1.54, 1.807) is 0 Å². The van der Waals surface area contributed by atoms with Gasteiger partial charge in [-0.25, -0.2) is 0 Å². The van der Waals surface area contributed by atoms with Crippen LogP contribution in [0.15, 0.2) is 24.3 Å². The summed E-state index contributed by atoms with van der Waals surface area (Å²) in [4.78, 5) is 0. The Bertz CT molecular complexity index is 381. The molecule has 2 heteroatoms. The van der Waals surface area contributed by atoms with Crippen molar-refractivity contribution in [2.24, 2.45) is 5.41 Å². The van der Waals surface area contributed by atoms with Crippen molar-refractivity contribution in [2.75, 3.05) is 13.2 Å². The van der Waals surface area contributed by atoms with Gasteiger partial charge in [-0.05, 0) is 55.3 Å². The highest BCUT2D eigenvalue weighted by atomic mass is 16.5. The van der Waals surface area contributed by atoms with E-state index >= 15 is 0 Å². The average Bonchev–Trinajstić information content (AvgIpc) is 3.17. The summed E-state index contributed by atoms with van der Waals surface area (Å²) in [5, 5.41) is 3.71. The molecule has 0 aromatic heterocycles. The molecule has 1 aromatic rings. The Kier molecular flexibility index (Phi) is 4.87. The number of hydrogen-bond donors (Lipinski definition) is 1. The van der Waals surface area contributed by atoms with Crippen LogP contribution in [-0.4, -0.2) is 13.2 Å². The molecule has 0 heterocycles. The Labute approximate surface area is 117 Å². The van der Waals surface area contributed by atoms with Gasteiger partial charge >= 0.3 is 0 Å². The molecule has 0 saturated heterocycles. The molecule has 0 amide bonds. The van der Waals surface area contributed by atoms with Gasteiger partial charge < -0.3 is 10.1 Å². The van der Waals surface area contributed by atoms with E-state index < -0.39 is 0 Å². The first-order chi connectivity index (χ1) is 9.19. The Hall–Kier alpha value is -1.02. The van der Waals surface area contributed by atoms with E-state index in [1.165, 1.54) is 24.8 Å². The third-order valence-corrected chi connectivity index (χ3v) is 4.02. The third-order valence-electron chi connectivity index (χ3n) is 4.02. The van der Waals surface area contributed by atoms with Crippen LogP contribution in [-0.2, 0) is 0 Å². The average molecular weight is 261 g/mol. The van der Waals surface area contributed by atoms with Crippen molar-refractivity contribution < 1.29 is 4.74 Å². The molecule has 1 aromatic carbocycles. The van der Waals surface area contributed by atoms with Gasteiger partial charge in [0.25, 0.3) is 0 Å². The second kappa shape index (κ2) is 6.42. The highest BCUT2D eigenvalue weighted by Gasteiger charge is 2.45. The topological polar surface area (TPSA) is 21.3 Å². The molecule has 1 N–H and O–H groups in total. The van der Waals surface area contributed by atoms with Crippen LogP contribution < -0.4 is 10.1 Å². The van der Waals surface area contributed by atoms with E-state index in [0.717, 1.165) is 25.3 Å². The van der Waals surface area contributed by atoms with Crippen molar-refractivity contribution in [3.05, 3.63) is 29.8 Å². The van der Waals surface area contributed by atoms with Gasteiger partial charge in [0.15, 0.2) is 0 Å². The van der Waals surface area contributed by atoms with E-state index in [9.17, 15) is 0 Å². The van der Waals surface area contributed by atoms with E-state index in [2.05, 4.69) is 50.4 Å². The smallest absolute Gasteiger partial charge is 0.119 e. The molecule has 2 nitrogen and oxygen atoms in total. The summed E-state index contributed by atoms with van der Waals surface area (Å²) in [6, 6.07) is 9.16. The van der Waals surface area contributed by atoms with Gasteiger partial charge in [0.05, 0.1) is 6.61 Å². The van der Waals surface area contributed by atoms with E-state index in [-0.39, 0.29) is 0 Å². The molecule has 0 spiro atoms. The Balaban J connectivity index is 2.04. The highest BCUT2D eigenvalue weighted by Crippen LogP contribution is 2.54. The van der Waals surface area contributed by atoms with Gasteiger partial charge in [0, 0.05) is 6.04 Å². The molecule has 2 rings (SSSR count). The third kappa shape index (κ3) is 3.73. The molecule has 0 aliphatic heterocycles. The molecule has 106 valence electrons. The van der Waals surface area contributed by atoms with Gasteiger partial charge in [0.1, 0.15) is 5.75 Å². The summed E-state index contributed by atoms with van der Waals surface area (Å²) >= 11 is 0. The van der Waals surface area contributed by atoms with Crippen LogP contribution in [0.5, 0.6) is 5.75 Å². The van der Waals surface area contributed by atoms with Gasteiger partial charge in [-0.1, -0.05) is 32.9 Å². The van der Waals surface area contributed by atoms with Gasteiger partial charge in [-0.2, -0.15) is 0 Å². The maximum atomic E-state index is 5.65. The summed E-state index contributed by atoms with van der Waals surface area (Å²) in [7, 11) is 0. The number of hydrogen-bond acceptors (Lipinski definition) is 2. The SMILES string of the molecule is CCCNC(c1ccc(OCCC)cc1)C1(C)CC1. The quantitative estimate of drug-likeness (QED) is 0.752. The zero-order chi connectivity index (χ0) is 13.7. The largest absolute Gasteiger partial charge is 0.494 e. The number of rotatable bonds is 8. The van der Waals surface area contributed by atoms with Crippen LogP contribution in [0.1, 0.15) is 58.1 Å². The molecular formula is C17H27NO. The molecular weight excluding hydrogens is 234 g/mol. The molecule has 19 heavy (non-hydrogen) atoms. The lowest BCUT2D eigenvalue weighted by Gasteiger charge is -2.25. The van der Waals surface area contributed by atoms with Crippen LogP contribution in [0.4, 0.5) is 0 Å². The van der Waals surface area contributed by atoms with Crippen LogP contribution in [0, 0.1) is 5.41 Å². The van der Waals surface area contributed by atoms with Crippen molar-refractivity contribution >= 4 is 0 Å². The fraction of sp³-hybridized carbons (Fsp3) is 0.647. The number of ether oxygens (including phenoxy) is 1. The van der Waals surface area contributed by atoms with Crippen LogP contribution in [0.2, 0.25) is 0 Å². The Morgan fingerprint density at radius 1 is 1.16 bits per heavy atom. The van der Waals surface area contributed by atoms with Crippen molar-refractivity contribution in [3.8, 4) is 5.75 Å². The van der Waals surface area contributed by atoms with E-state index in [1.807, 2.05) is 0 Å². The summed E-state index contributed by atoms with van der Waals surface area (Å²) in [6.45, 7) is 8.64. The summed E-state index contributed by atoms with van der Waals surface area (Å²) < 4.78 is 5.65. The van der Waals surface area contributed by atoms with Crippen molar-refractivity contribution in [2.45, 2.75) is 52.5 Å². The standard InChI is InChI=1S/C17H27NO/c1-4-12-18-16(17(3)10-11-17)14-6-8-15(9-7-14)19-13-5-2/h6-9,16,18H,4-5,10-13H2,1-3H3. The molecule has 0 bridgehead atoms. The summed E-state index contributed by atoms with van der Waals surface area (Å²) in [5.41, 5.74) is 1.86. The molecule has 1 saturated carbocycles. The first kappa shape index (κ1) is 14.4. The minimum absolute atomic E-state index is 0.459. The van der Waals surface area contributed by atoms with Crippen LogP contribution >= 0.6 is 0 Å². The first-order valence-electron chi connectivity index (χ1n) is 7.66. The Morgan fingerprint density at radius 2 is 1.84 bits per heavy atom. The molecule has 1 fully saturated rings. The minimum atomic E-state index is 0.459. The molecule has 1 atom stereocenters. The minimum Gasteiger partial charge on any atom is -0.494 e. The summed E-state index contributed by atoms with van der Waals surface area (Å²) in [5.74, 6) is 0.987. The van der Waals surface area contributed by atoms with Crippen molar-refractivity contribution in [3.63, 3.8) is 0 Å². The lowest BCUT2D eigenvalue weighted by atomic mass is 9.91. The van der Waals surface area contributed by atoms with Crippen LogP contribution in [0.25, 0.3) is 0 Å². The zero-order valence-electron chi connectivity index (χ0n) is 12.5. The molecule has 0 radical (unpaired) electrons. The van der Waals surface area contributed by atoms with Crippen molar-refractivity contribution in [1.82, 2.24) is 5.32 Å². The normalized spacial score (nSPS) is 18.1. The zero-order valence-corrected chi connectivity index (χ0v) is 12.5. The van der Waals surface area contributed by atoms with Crippen LogP contribution in [0.3, 0.4) is 0 Å². The molecule has 1 aliphatic rings. The molecule has 1 unspecified atom stereocenters. The lowest BCUT2D eigenvalue weighted by molar-refractivity contribution is 0.316. The molecule has 1 aliphatic carbocycles. The fourth-order valence-electron chi connectivity index (χ4n) is 2.52. The predicted octanol–water partition coefficient (Wildman–Crippen LogP) is 4.32. The number of benzene rings is 1. The predicted molar refractivity (Wildman–Crippen MR) is 80.6 cm³/mol. The van der Waals surface area contributed by atoms with E-state index in [0.29, 0.717) is 11.5 Å².